The molecule has 0 saturated heterocycles. The van der Waals surface area contributed by atoms with E-state index in [0.717, 1.165) is 38.4 Å². The van der Waals surface area contributed by atoms with E-state index in [9.17, 15) is 5.11 Å². The topological polar surface area (TPSA) is 56.7 Å². The molecule has 3 N–H and O–H groups in total. The standard InChI is InChI=1S/C15H29N3O/c1-3-14(6-5-7-14)10-17-13(16-4-2)18-11-15(12-19)8-9-15/h19H,3-12H2,1-2H3,(H2,16,17,18). The molecule has 2 rings (SSSR count). The van der Waals surface area contributed by atoms with Gasteiger partial charge in [0.1, 0.15) is 0 Å². The lowest BCUT2D eigenvalue weighted by molar-refractivity contribution is 0.131. The van der Waals surface area contributed by atoms with Crippen molar-refractivity contribution < 1.29 is 5.11 Å². The van der Waals surface area contributed by atoms with E-state index in [0.29, 0.717) is 5.41 Å². The number of hydrogen-bond donors (Lipinski definition) is 3. The second-order valence-electron chi connectivity index (χ2n) is 6.41. The van der Waals surface area contributed by atoms with Gasteiger partial charge in [0.2, 0.25) is 0 Å². The van der Waals surface area contributed by atoms with Crippen LogP contribution in [-0.4, -0.2) is 37.3 Å². The Hall–Kier alpha value is -0.770. The third-order valence-electron chi connectivity index (χ3n) is 5.00. The molecule has 2 saturated carbocycles. The molecule has 0 heterocycles. The highest BCUT2D eigenvalue weighted by molar-refractivity contribution is 5.79. The van der Waals surface area contributed by atoms with Gasteiger partial charge >= 0.3 is 0 Å². The molecule has 0 aromatic carbocycles. The van der Waals surface area contributed by atoms with Gasteiger partial charge in [-0.25, -0.2) is 0 Å². The molecule has 0 bridgehead atoms. The number of aliphatic imine (C=N–C) groups is 1. The predicted octanol–water partition coefficient (Wildman–Crippen LogP) is 1.89. The zero-order valence-corrected chi connectivity index (χ0v) is 12.5. The summed E-state index contributed by atoms with van der Waals surface area (Å²) in [7, 11) is 0. The maximum absolute atomic E-state index is 9.33. The van der Waals surface area contributed by atoms with Crippen LogP contribution in [-0.2, 0) is 0 Å². The van der Waals surface area contributed by atoms with Crippen LogP contribution in [0.5, 0.6) is 0 Å². The molecule has 4 heteroatoms. The molecule has 2 aliphatic carbocycles. The number of hydrogen-bond acceptors (Lipinski definition) is 2. The number of aliphatic hydroxyl groups excluding tert-OH is 1. The normalized spacial score (nSPS) is 23.6. The Balaban J connectivity index is 1.83. The molecule has 0 spiro atoms. The minimum absolute atomic E-state index is 0.0985. The summed E-state index contributed by atoms with van der Waals surface area (Å²) in [5.74, 6) is 0.918. The molecule has 0 atom stereocenters. The highest BCUT2D eigenvalue weighted by Gasteiger charge is 2.42. The molecule has 0 aliphatic heterocycles. The largest absolute Gasteiger partial charge is 0.396 e. The monoisotopic (exact) mass is 267 g/mol. The Labute approximate surface area is 117 Å². The van der Waals surface area contributed by atoms with Crippen molar-refractivity contribution in [3.63, 3.8) is 0 Å². The molecule has 0 unspecified atom stereocenters. The van der Waals surface area contributed by atoms with Gasteiger partial charge in [0.25, 0.3) is 0 Å². The fourth-order valence-electron chi connectivity index (χ4n) is 2.73. The van der Waals surface area contributed by atoms with Gasteiger partial charge in [-0.05, 0) is 44.4 Å². The Kier molecular flexibility index (Phi) is 4.71. The van der Waals surface area contributed by atoms with Crippen LogP contribution in [0.1, 0.15) is 52.4 Å². The molecule has 0 amide bonds. The van der Waals surface area contributed by atoms with Crippen molar-refractivity contribution in [3.05, 3.63) is 0 Å². The molecule has 0 aromatic heterocycles. The number of nitrogens with one attached hydrogen (secondary N) is 2. The van der Waals surface area contributed by atoms with Gasteiger partial charge in [-0.1, -0.05) is 13.3 Å². The maximum Gasteiger partial charge on any atom is 0.191 e. The highest BCUT2D eigenvalue weighted by Crippen LogP contribution is 2.45. The molecule has 2 fully saturated rings. The summed E-state index contributed by atoms with van der Waals surface area (Å²) >= 11 is 0. The van der Waals surface area contributed by atoms with Crippen LogP contribution in [0.2, 0.25) is 0 Å². The molecule has 2 aliphatic rings. The Bertz CT molecular complexity index is 314. The van der Waals surface area contributed by atoms with Crippen LogP contribution >= 0.6 is 0 Å². The van der Waals surface area contributed by atoms with Crippen LogP contribution in [0.3, 0.4) is 0 Å². The molecule has 19 heavy (non-hydrogen) atoms. The number of nitrogens with zero attached hydrogens (tertiary/aromatic N) is 1. The zero-order chi connectivity index (χ0) is 13.8. The van der Waals surface area contributed by atoms with Gasteiger partial charge in [0.05, 0.1) is 13.2 Å². The first-order valence-corrected chi connectivity index (χ1v) is 7.81. The van der Waals surface area contributed by atoms with Gasteiger partial charge in [0, 0.05) is 18.5 Å². The lowest BCUT2D eigenvalue weighted by Gasteiger charge is -2.41. The van der Waals surface area contributed by atoms with E-state index in [1.807, 2.05) is 0 Å². The summed E-state index contributed by atoms with van der Waals surface area (Å²) < 4.78 is 0. The minimum atomic E-state index is 0.0985. The summed E-state index contributed by atoms with van der Waals surface area (Å²) in [4.78, 5) is 4.65. The van der Waals surface area contributed by atoms with E-state index in [2.05, 4.69) is 29.5 Å². The van der Waals surface area contributed by atoms with Gasteiger partial charge in [-0.3, -0.25) is 4.99 Å². The zero-order valence-electron chi connectivity index (χ0n) is 12.5. The molecular formula is C15H29N3O. The van der Waals surface area contributed by atoms with E-state index in [-0.39, 0.29) is 12.0 Å². The summed E-state index contributed by atoms with van der Waals surface area (Å²) in [5, 5.41) is 16.1. The molecule has 0 aromatic rings. The summed E-state index contributed by atoms with van der Waals surface area (Å²) in [6, 6.07) is 0. The fourth-order valence-corrected chi connectivity index (χ4v) is 2.73. The highest BCUT2D eigenvalue weighted by atomic mass is 16.3. The second kappa shape index (κ2) is 6.12. The van der Waals surface area contributed by atoms with Crippen molar-refractivity contribution in [1.82, 2.24) is 10.6 Å². The summed E-state index contributed by atoms with van der Waals surface area (Å²) in [5.41, 5.74) is 0.603. The van der Waals surface area contributed by atoms with Gasteiger partial charge in [-0.2, -0.15) is 0 Å². The molecule has 0 radical (unpaired) electrons. The van der Waals surface area contributed by atoms with E-state index >= 15 is 0 Å². The Morgan fingerprint density at radius 1 is 1.11 bits per heavy atom. The van der Waals surface area contributed by atoms with Crippen LogP contribution < -0.4 is 10.6 Å². The van der Waals surface area contributed by atoms with Gasteiger partial charge in [0.15, 0.2) is 5.96 Å². The average molecular weight is 267 g/mol. The number of rotatable bonds is 7. The smallest absolute Gasteiger partial charge is 0.191 e. The number of aliphatic hydroxyl groups is 1. The van der Waals surface area contributed by atoms with Crippen molar-refractivity contribution in [2.45, 2.75) is 52.4 Å². The van der Waals surface area contributed by atoms with Crippen molar-refractivity contribution in [2.75, 3.05) is 26.2 Å². The van der Waals surface area contributed by atoms with Crippen LogP contribution in [0.4, 0.5) is 0 Å². The van der Waals surface area contributed by atoms with Crippen LogP contribution in [0.25, 0.3) is 0 Å². The first kappa shape index (κ1) is 14.6. The van der Waals surface area contributed by atoms with Gasteiger partial charge < -0.3 is 15.7 Å². The fraction of sp³-hybridized carbons (Fsp3) is 0.933. The van der Waals surface area contributed by atoms with Crippen molar-refractivity contribution in [3.8, 4) is 0 Å². The van der Waals surface area contributed by atoms with Crippen molar-refractivity contribution >= 4 is 5.96 Å². The molecular weight excluding hydrogens is 238 g/mol. The lowest BCUT2D eigenvalue weighted by atomic mass is 9.67. The molecule has 4 nitrogen and oxygen atoms in total. The molecule has 110 valence electrons. The Morgan fingerprint density at radius 2 is 1.84 bits per heavy atom. The third-order valence-corrected chi connectivity index (χ3v) is 5.00. The predicted molar refractivity (Wildman–Crippen MR) is 79.3 cm³/mol. The van der Waals surface area contributed by atoms with E-state index in [4.69, 9.17) is 0 Å². The van der Waals surface area contributed by atoms with E-state index in [1.165, 1.54) is 25.7 Å². The number of guanidine groups is 1. The second-order valence-corrected chi connectivity index (χ2v) is 6.41. The lowest BCUT2D eigenvalue weighted by Crippen LogP contribution is -2.46. The minimum Gasteiger partial charge on any atom is -0.396 e. The maximum atomic E-state index is 9.33. The van der Waals surface area contributed by atoms with Crippen molar-refractivity contribution in [1.29, 1.82) is 0 Å². The van der Waals surface area contributed by atoms with E-state index in [1.54, 1.807) is 0 Å². The van der Waals surface area contributed by atoms with Crippen LogP contribution in [0, 0.1) is 10.8 Å². The SMILES string of the molecule is CCNC(=NCC1(CO)CC1)NCC1(CC)CCC1. The van der Waals surface area contributed by atoms with Gasteiger partial charge in [-0.15, -0.1) is 0 Å². The summed E-state index contributed by atoms with van der Waals surface area (Å²) in [6.45, 7) is 7.32. The first-order valence-electron chi connectivity index (χ1n) is 7.81. The quantitative estimate of drug-likeness (QED) is 0.488. The summed E-state index contributed by atoms with van der Waals surface area (Å²) in [6.07, 6.45) is 7.54. The van der Waals surface area contributed by atoms with Crippen LogP contribution in [0.15, 0.2) is 4.99 Å². The average Bonchev–Trinajstić information content (AvgIpc) is 3.15. The third kappa shape index (κ3) is 3.62. The Morgan fingerprint density at radius 3 is 2.26 bits per heavy atom. The van der Waals surface area contributed by atoms with E-state index < -0.39 is 0 Å². The first-order chi connectivity index (χ1) is 9.17. The van der Waals surface area contributed by atoms with Crippen molar-refractivity contribution in [2.24, 2.45) is 15.8 Å².